The molecular formula is C11H7N3. The van der Waals surface area contributed by atoms with Crippen molar-refractivity contribution in [3.63, 3.8) is 0 Å². The number of fused-ring (bicyclic) bond motifs is 1. The Kier molecular flexibility index (Phi) is 1.93. The van der Waals surface area contributed by atoms with Gasteiger partial charge in [-0.05, 0) is 18.2 Å². The molecule has 0 bridgehead atoms. The van der Waals surface area contributed by atoms with Crippen molar-refractivity contribution in [3.8, 4) is 18.4 Å². The maximum Gasteiger partial charge on any atom is 0.0992 e. The van der Waals surface area contributed by atoms with Gasteiger partial charge in [0.15, 0.2) is 0 Å². The van der Waals surface area contributed by atoms with E-state index in [-0.39, 0.29) is 0 Å². The molecule has 1 aromatic heterocycles. The highest BCUT2D eigenvalue weighted by molar-refractivity contribution is 5.77. The fourth-order valence-corrected chi connectivity index (χ4v) is 1.35. The van der Waals surface area contributed by atoms with Gasteiger partial charge in [0, 0.05) is 0 Å². The van der Waals surface area contributed by atoms with Gasteiger partial charge in [-0.3, -0.25) is 0 Å². The molecule has 0 aliphatic rings. The van der Waals surface area contributed by atoms with Gasteiger partial charge in [-0.1, -0.05) is 5.92 Å². The topological polar surface area (TPSA) is 41.6 Å². The molecule has 0 atom stereocenters. The van der Waals surface area contributed by atoms with Crippen LogP contribution in [0, 0.1) is 23.7 Å². The molecule has 0 saturated carbocycles. The zero-order valence-corrected chi connectivity index (χ0v) is 7.44. The number of benzene rings is 1. The summed E-state index contributed by atoms with van der Waals surface area (Å²) in [6, 6.07) is 7.44. The van der Waals surface area contributed by atoms with E-state index in [1.165, 1.54) is 0 Å². The van der Waals surface area contributed by atoms with Crippen LogP contribution in [-0.4, -0.2) is 9.55 Å². The lowest BCUT2D eigenvalue weighted by Gasteiger charge is -1.97. The summed E-state index contributed by atoms with van der Waals surface area (Å²) in [7, 11) is 0. The van der Waals surface area contributed by atoms with Crippen molar-refractivity contribution in [1.82, 2.24) is 9.55 Å². The van der Waals surface area contributed by atoms with Crippen molar-refractivity contribution in [2.45, 2.75) is 6.54 Å². The number of nitriles is 1. The summed E-state index contributed by atoms with van der Waals surface area (Å²) in [6.45, 7) is 0.478. The maximum atomic E-state index is 8.74. The van der Waals surface area contributed by atoms with E-state index in [4.69, 9.17) is 11.7 Å². The molecular weight excluding hydrogens is 174 g/mol. The predicted octanol–water partition coefficient (Wildman–Crippen LogP) is 1.54. The van der Waals surface area contributed by atoms with E-state index >= 15 is 0 Å². The summed E-state index contributed by atoms with van der Waals surface area (Å²) in [4.78, 5) is 4.17. The molecule has 0 fully saturated rings. The molecule has 0 saturated heterocycles. The van der Waals surface area contributed by atoms with Gasteiger partial charge in [0.05, 0.1) is 35.5 Å². The Morgan fingerprint density at radius 1 is 1.50 bits per heavy atom. The van der Waals surface area contributed by atoms with Crippen molar-refractivity contribution >= 4 is 11.0 Å². The first-order chi connectivity index (χ1) is 6.85. The van der Waals surface area contributed by atoms with Crippen molar-refractivity contribution in [2.24, 2.45) is 0 Å². The zero-order chi connectivity index (χ0) is 9.97. The van der Waals surface area contributed by atoms with Gasteiger partial charge in [0.25, 0.3) is 0 Å². The number of hydrogen-bond acceptors (Lipinski definition) is 2. The Hall–Kier alpha value is -2.26. The Morgan fingerprint density at radius 2 is 2.36 bits per heavy atom. The highest BCUT2D eigenvalue weighted by Crippen LogP contribution is 2.14. The first-order valence-corrected chi connectivity index (χ1v) is 4.13. The van der Waals surface area contributed by atoms with Gasteiger partial charge in [0.2, 0.25) is 0 Å². The van der Waals surface area contributed by atoms with E-state index in [2.05, 4.69) is 17.0 Å². The number of nitrogens with zero attached hydrogens (tertiary/aromatic N) is 3. The Balaban J connectivity index is 2.66. The Bertz CT molecular complexity index is 552. The third-order valence-electron chi connectivity index (χ3n) is 2.01. The number of hydrogen-bond donors (Lipinski definition) is 0. The van der Waals surface area contributed by atoms with E-state index in [0.717, 1.165) is 11.0 Å². The Labute approximate surface area is 81.6 Å². The molecule has 1 aromatic carbocycles. The molecule has 2 rings (SSSR count). The second-order valence-electron chi connectivity index (χ2n) is 2.89. The lowest BCUT2D eigenvalue weighted by molar-refractivity contribution is 0.871. The maximum absolute atomic E-state index is 8.74. The van der Waals surface area contributed by atoms with Gasteiger partial charge in [-0.15, -0.1) is 6.42 Å². The first kappa shape index (κ1) is 8.34. The molecule has 0 N–H and O–H groups in total. The van der Waals surface area contributed by atoms with Crippen LogP contribution >= 0.6 is 0 Å². The third kappa shape index (κ3) is 1.22. The fourth-order valence-electron chi connectivity index (χ4n) is 1.35. The standard InChI is InChI=1S/C11H7N3/c1-2-5-14-8-13-10-4-3-9(7-12)6-11(10)14/h1,3-4,6,8H,5H2. The van der Waals surface area contributed by atoms with Crippen LogP contribution in [0.15, 0.2) is 24.5 Å². The molecule has 14 heavy (non-hydrogen) atoms. The molecule has 0 aliphatic carbocycles. The summed E-state index contributed by atoms with van der Waals surface area (Å²) in [5.74, 6) is 2.54. The highest BCUT2D eigenvalue weighted by atomic mass is 15.0. The predicted molar refractivity (Wildman–Crippen MR) is 53.3 cm³/mol. The number of terminal acetylenes is 1. The quantitative estimate of drug-likeness (QED) is 0.626. The van der Waals surface area contributed by atoms with Crippen LogP contribution in [0.3, 0.4) is 0 Å². The van der Waals surface area contributed by atoms with Gasteiger partial charge >= 0.3 is 0 Å². The SMILES string of the molecule is C#CCn1cnc2ccc(C#N)cc21. The number of rotatable bonds is 1. The molecule has 0 radical (unpaired) electrons. The summed E-state index contributed by atoms with van der Waals surface area (Å²) in [5, 5.41) is 8.74. The van der Waals surface area contributed by atoms with E-state index in [1.807, 2.05) is 10.6 Å². The van der Waals surface area contributed by atoms with Crippen molar-refractivity contribution in [3.05, 3.63) is 30.1 Å². The molecule has 66 valence electrons. The van der Waals surface area contributed by atoms with Gasteiger partial charge in [0.1, 0.15) is 0 Å². The normalized spacial score (nSPS) is 9.57. The lowest BCUT2D eigenvalue weighted by atomic mass is 10.2. The summed E-state index contributed by atoms with van der Waals surface area (Å²) in [6.07, 6.45) is 6.90. The van der Waals surface area contributed by atoms with E-state index in [9.17, 15) is 0 Å². The monoisotopic (exact) mass is 181 g/mol. The van der Waals surface area contributed by atoms with Crippen LogP contribution < -0.4 is 0 Å². The minimum Gasteiger partial charge on any atom is -0.319 e. The Morgan fingerprint density at radius 3 is 3.07 bits per heavy atom. The molecule has 3 heteroatoms. The van der Waals surface area contributed by atoms with Crippen molar-refractivity contribution in [1.29, 1.82) is 5.26 Å². The van der Waals surface area contributed by atoms with Crippen LogP contribution in [0.1, 0.15) is 5.56 Å². The third-order valence-corrected chi connectivity index (χ3v) is 2.01. The van der Waals surface area contributed by atoms with Crippen molar-refractivity contribution < 1.29 is 0 Å². The summed E-state index contributed by atoms with van der Waals surface area (Å²) < 4.78 is 1.84. The van der Waals surface area contributed by atoms with Crippen molar-refractivity contribution in [2.75, 3.05) is 0 Å². The van der Waals surface area contributed by atoms with Crippen LogP contribution in [0.2, 0.25) is 0 Å². The first-order valence-electron chi connectivity index (χ1n) is 4.13. The van der Waals surface area contributed by atoms with Crippen LogP contribution in [0.5, 0.6) is 0 Å². The van der Waals surface area contributed by atoms with Crippen LogP contribution in [0.25, 0.3) is 11.0 Å². The smallest absolute Gasteiger partial charge is 0.0992 e. The summed E-state index contributed by atoms with van der Waals surface area (Å²) >= 11 is 0. The zero-order valence-electron chi connectivity index (χ0n) is 7.44. The minimum atomic E-state index is 0.478. The van der Waals surface area contributed by atoms with Crippen LogP contribution in [-0.2, 0) is 6.54 Å². The van der Waals surface area contributed by atoms with Gasteiger partial charge in [-0.2, -0.15) is 5.26 Å². The van der Waals surface area contributed by atoms with E-state index in [0.29, 0.717) is 12.1 Å². The van der Waals surface area contributed by atoms with E-state index < -0.39 is 0 Å². The fraction of sp³-hybridized carbons (Fsp3) is 0.0909. The number of aromatic nitrogens is 2. The molecule has 0 spiro atoms. The molecule has 0 unspecified atom stereocenters. The lowest BCUT2D eigenvalue weighted by Crippen LogP contribution is -1.92. The highest BCUT2D eigenvalue weighted by Gasteiger charge is 2.01. The van der Waals surface area contributed by atoms with E-state index in [1.54, 1.807) is 18.5 Å². The van der Waals surface area contributed by atoms with Crippen LogP contribution in [0.4, 0.5) is 0 Å². The molecule has 2 aromatic rings. The summed E-state index contributed by atoms with van der Waals surface area (Å²) in [5.41, 5.74) is 2.39. The molecule has 3 nitrogen and oxygen atoms in total. The minimum absolute atomic E-state index is 0.478. The average molecular weight is 181 g/mol. The molecule has 0 aliphatic heterocycles. The largest absolute Gasteiger partial charge is 0.319 e. The molecule has 1 heterocycles. The number of imidazole rings is 1. The average Bonchev–Trinajstić information content (AvgIpc) is 2.61. The van der Waals surface area contributed by atoms with Gasteiger partial charge in [-0.25, -0.2) is 4.98 Å². The second-order valence-corrected chi connectivity index (χ2v) is 2.89. The van der Waals surface area contributed by atoms with Gasteiger partial charge < -0.3 is 4.57 Å². The molecule has 0 amide bonds. The second kappa shape index (κ2) is 3.24.